The number of hydrogen-bond donors (Lipinski definition) is 3. The average Bonchev–Trinajstić information content (AvgIpc) is 3.27. The quantitative estimate of drug-likeness (QED) is 0.391. The molecule has 3 aromatic rings. The first-order chi connectivity index (χ1) is 16.8. The van der Waals surface area contributed by atoms with Crippen LogP contribution in [0, 0.1) is 5.41 Å². The van der Waals surface area contributed by atoms with Crippen molar-refractivity contribution < 1.29 is 33.8 Å². The third-order valence-corrected chi connectivity index (χ3v) is 6.46. The van der Waals surface area contributed by atoms with E-state index in [4.69, 9.17) is 14.3 Å². The van der Waals surface area contributed by atoms with Crippen LogP contribution in [0.1, 0.15) is 44.6 Å². The zero-order valence-electron chi connectivity index (χ0n) is 19.4. The lowest BCUT2D eigenvalue weighted by Crippen LogP contribution is -2.53. The van der Waals surface area contributed by atoms with Crippen LogP contribution in [0.4, 0.5) is 0 Å². The van der Waals surface area contributed by atoms with E-state index >= 15 is 0 Å². The number of oxazole rings is 1. The molecule has 1 aromatic heterocycles. The minimum atomic E-state index is -2.05. The van der Waals surface area contributed by atoms with Crippen LogP contribution >= 0.6 is 0 Å². The summed E-state index contributed by atoms with van der Waals surface area (Å²) < 4.78 is 11.9. The zero-order valence-corrected chi connectivity index (χ0v) is 19.4. The number of aromatic nitrogens is 1. The molecule has 4 rings (SSSR count). The topological polar surface area (TPSA) is 139 Å². The number of rotatable bonds is 9. The third-order valence-electron chi connectivity index (χ3n) is 6.46. The Morgan fingerprint density at radius 2 is 1.80 bits per heavy atom. The minimum Gasteiger partial charge on any atom is -0.481 e. The number of fused-ring (bicyclic) bond motifs is 1. The first kappa shape index (κ1) is 24.4. The second kappa shape index (κ2) is 10.3. The van der Waals surface area contributed by atoms with E-state index in [1.165, 1.54) is 0 Å². The van der Waals surface area contributed by atoms with Gasteiger partial charge in [0.15, 0.2) is 11.0 Å². The Labute approximate surface area is 202 Å². The highest BCUT2D eigenvalue weighted by molar-refractivity contribution is 6.04. The van der Waals surface area contributed by atoms with E-state index in [1.54, 1.807) is 0 Å². The van der Waals surface area contributed by atoms with Gasteiger partial charge in [-0.3, -0.25) is 14.4 Å². The molecule has 35 heavy (non-hydrogen) atoms. The molecule has 3 unspecified atom stereocenters. The van der Waals surface area contributed by atoms with Crippen LogP contribution in [0.5, 0.6) is 0 Å². The first-order valence-electron chi connectivity index (χ1n) is 11.6. The van der Waals surface area contributed by atoms with Gasteiger partial charge in [0.25, 0.3) is 0 Å². The monoisotopic (exact) mass is 480 g/mol. The number of carbonyl (C=O) groups excluding carboxylic acids is 1. The fraction of sp³-hybridized carbons (Fsp3) is 0.385. The number of hydrogen-bond acceptors (Lipinski definition) is 6. The van der Waals surface area contributed by atoms with E-state index in [1.807, 2.05) is 48.5 Å². The SMILES string of the molecule is CC(CC(=O)O)(C(=O)O)C(=O)NC1CCCCC1OCc1ccc(-c2nc3ccccc3o2)cc1. The van der Waals surface area contributed by atoms with Crippen LogP contribution in [-0.4, -0.2) is 45.2 Å². The number of aliphatic carboxylic acids is 2. The van der Waals surface area contributed by atoms with Gasteiger partial charge in [-0.2, -0.15) is 0 Å². The molecule has 1 heterocycles. The van der Waals surface area contributed by atoms with Gasteiger partial charge in [0.2, 0.25) is 11.8 Å². The van der Waals surface area contributed by atoms with Crippen molar-refractivity contribution in [1.29, 1.82) is 0 Å². The minimum absolute atomic E-state index is 0.299. The van der Waals surface area contributed by atoms with Crippen molar-refractivity contribution in [3.63, 3.8) is 0 Å². The number of amides is 1. The Bertz CT molecular complexity index is 1190. The summed E-state index contributed by atoms with van der Waals surface area (Å²) in [4.78, 5) is 40.0. The fourth-order valence-corrected chi connectivity index (χ4v) is 4.29. The molecule has 0 bridgehead atoms. The van der Waals surface area contributed by atoms with E-state index < -0.39 is 29.7 Å². The number of nitrogens with one attached hydrogen (secondary N) is 1. The Morgan fingerprint density at radius 1 is 1.09 bits per heavy atom. The molecule has 0 saturated heterocycles. The third kappa shape index (κ3) is 5.51. The van der Waals surface area contributed by atoms with E-state index in [0.29, 0.717) is 25.3 Å². The molecule has 9 heteroatoms. The van der Waals surface area contributed by atoms with Crippen molar-refractivity contribution in [3.05, 3.63) is 54.1 Å². The smallest absolute Gasteiger partial charge is 0.319 e. The second-order valence-corrected chi connectivity index (χ2v) is 9.11. The van der Waals surface area contributed by atoms with Crippen molar-refractivity contribution in [3.8, 4) is 11.5 Å². The molecule has 1 fully saturated rings. The van der Waals surface area contributed by atoms with Crippen molar-refractivity contribution in [2.75, 3.05) is 0 Å². The normalized spacial score (nSPS) is 19.7. The highest BCUT2D eigenvalue weighted by atomic mass is 16.5. The van der Waals surface area contributed by atoms with Gasteiger partial charge in [-0.05, 0) is 49.6 Å². The Balaban J connectivity index is 1.39. The summed E-state index contributed by atoms with van der Waals surface area (Å²) in [5, 5.41) is 21.3. The van der Waals surface area contributed by atoms with Crippen molar-refractivity contribution in [2.24, 2.45) is 5.41 Å². The van der Waals surface area contributed by atoms with Crippen molar-refractivity contribution in [2.45, 2.75) is 57.8 Å². The second-order valence-electron chi connectivity index (χ2n) is 9.11. The molecule has 1 aliphatic carbocycles. The van der Waals surface area contributed by atoms with Crippen LogP contribution in [0.25, 0.3) is 22.6 Å². The van der Waals surface area contributed by atoms with E-state index in [-0.39, 0.29) is 12.1 Å². The largest absolute Gasteiger partial charge is 0.481 e. The van der Waals surface area contributed by atoms with Gasteiger partial charge < -0.3 is 24.7 Å². The number of nitrogens with zero attached hydrogens (tertiary/aromatic N) is 1. The maximum atomic E-state index is 12.7. The summed E-state index contributed by atoms with van der Waals surface area (Å²) in [6.07, 6.45) is 2.06. The van der Waals surface area contributed by atoms with E-state index in [9.17, 15) is 19.5 Å². The van der Waals surface area contributed by atoms with Crippen molar-refractivity contribution >= 4 is 28.9 Å². The number of carboxylic acids is 2. The molecule has 184 valence electrons. The fourth-order valence-electron chi connectivity index (χ4n) is 4.29. The van der Waals surface area contributed by atoms with Crippen molar-refractivity contribution in [1.82, 2.24) is 10.3 Å². The van der Waals surface area contributed by atoms with Gasteiger partial charge in [-0.15, -0.1) is 0 Å². The summed E-state index contributed by atoms with van der Waals surface area (Å²) in [6.45, 7) is 1.45. The molecule has 0 aliphatic heterocycles. The molecule has 1 amide bonds. The van der Waals surface area contributed by atoms with Crippen LogP contribution < -0.4 is 5.32 Å². The zero-order chi connectivity index (χ0) is 25.0. The molecule has 3 N–H and O–H groups in total. The summed E-state index contributed by atoms with van der Waals surface area (Å²) in [5.41, 5.74) is 1.25. The molecule has 0 radical (unpaired) electrons. The average molecular weight is 481 g/mol. The summed E-state index contributed by atoms with van der Waals surface area (Å²) >= 11 is 0. The molecule has 1 saturated carbocycles. The number of carboxylic acid groups (broad SMARTS) is 2. The van der Waals surface area contributed by atoms with Gasteiger partial charge in [0.1, 0.15) is 5.52 Å². The van der Waals surface area contributed by atoms with Crippen LogP contribution in [0.3, 0.4) is 0 Å². The number of carbonyl (C=O) groups is 3. The molecular formula is C26H28N2O7. The van der Waals surface area contributed by atoms with Gasteiger partial charge in [-0.1, -0.05) is 37.1 Å². The van der Waals surface area contributed by atoms with Gasteiger partial charge in [0.05, 0.1) is 25.2 Å². The molecule has 0 spiro atoms. The molecule has 2 aromatic carbocycles. The van der Waals surface area contributed by atoms with E-state index in [0.717, 1.165) is 42.0 Å². The van der Waals surface area contributed by atoms with Gasteiger partial charge in [0, 0.05) is 5.56 Å². The number of ether oxygens (including phenoxy) is 1. The number of para-hydroxylation sites is 2. The highest BCUT2D eigenvalue weighted by Crippen LogP contribution is 2.28. The summed E-state index contributed by atoms with van der Waals surface area (Å²) in [5.74, 6) is -3.08. The first-order valence-corrected chi connectivity index (χ1v) is 11.6. The lowest BCUT2D eigenvalue weighted by Gasteiger charge is -2.34. The Hall–Kier alpha value is -3.72. The molecule has 3 atom stereocenters. The van der Waals surface area contributed by atoms with Gasteiger partial charge in [-0.25, -0.2) is 4.98 Å². The lowest BCUT2D eigenvalue weighted by molar-refractivity contribution is -0.161. The molecular weight excluding hydrogens is 452 g/mol. The number of benzene rings is 2. The predicted molar refractivity (Wildman–Crippen MR) is 126 cm³/mol. The summed E-state index contributed by atoms with van der Waals surface area (Å²) in [7, 11) is 0. The standard InChI is InChI=1S/C26H28N2O7/c1-26(25(32)33,14-22(29)30)24(31)28-18-6-2-4-8-20(18)34-15-16-10-12-17(13-11-16)23-27-19-7-3-5-9-21(19)35-23/h3,5,7,9-13,18,20H,2,4,6,8,14-15H2,1H3,(H,28,31)(H,29,30)(H,32,33). The van der Waals surface area contributed by atoms with Crippen LogP contribution in [0.2, 0.25) is 0 Å². The summed E-state index contributed by atoms with van der Waals surface area (Å²) in [6, 6.07) is 14.9. The molecule has 9 nitrogen and oxygen atoms in total. The van der Waals surface area contributed by atoms with Gasteiger partial charge >= 0.3 is 11.9 Å². The Kier molecular flexibility index (Phi) is 7.16. The predicted octanol–water partition coefficient (Wildman–Crippen LogP) is 4.00. The van der Waals surface area contributed by atoms with E-state index in [2.05, 4.69) is 10.3 Å². The lowest BCUT2D eigenvalue weighted by atomic mass is 9.84. The highest BCUT2D eigenvalue weighted by Gasteiger charge is 2.45. The van der Waals surface area contributed by atoms with Crippen LogP contribution in [0.15, 0.2) is 52.9 Å². The Morgan fingerprint density at radius 3 is 2.49 bits per heavy atom. The maximum Gasteiger partial charge on any atom is 0.319 e. The van der Waals surface area contributed by atoms with Crippen LogP contribution in [-0.2, 0) is 25.7 Å². The maximum absolute atomic E-state index is 12.7. The molecule has 1 aliphatic rings.